The first-order chi connectivity index (χ1) is 27.2. The molecule has 5 heteroatoms. The maximum atomic E-state index is 5.54. The summed E-state index contributed by atoms with van der Waals surface area (Å²) < 4.78 is 1.26. The predicted molar refractivity (Wildman–Crippen MR) is 229 cm³/mol. The lowest BCUT2D eigenvalue weighted by Crippen LogP contribution is -2.19. The Balaban J connectivity index is 1.12. The van der Waals surface area contributed by atoms with Crippen LogP contribution in [0.5, 0.6) is 0 Å². The van der Waals surface area contributed by atoms with Gasteiger partial charge in [-0.05, 0) is 81.4 Å². The molecule has 260 valence electrons. The van der Waals surface area contributed by atoms with Crippen molar-refractivity contribution in [1.29, 1.82) is 0 Å². The van der Waals surface area contributed by atoms with Crippen LogP contribution in [-0.4, -0.2) is 15.7 Å². The molecule has 0 spiro atoms. The van der Waals surface area contributed by atoms with E-state index >= 15 is 0 Å². The Kier molecular flexibility index (Phi) is 8.39. The Morgan fingerprint density at radius 1 is 0.436 bits per heavy atom. The highest BCUT2D eigenvalue weighted by atomic mass is 32.1. The predicted octanol–water partition coefficient (Wildman–Crippen LogP) is 13.0. The molecule has 0 saturated heterocycles. The Hall–Kier alpha value is -6.95. The maximum absolute atomic E-state index is 5.54. The van der Waals surface area contributed by atoms with E-state index in [0.29, 0.717) is 0 Å². The largest absolute Gasteiger partial charge is 0.358 e. The fourth-order valence-corrected chi connectivity index (χ4v) is 8.79. The van der Waals surface area contributed by atoms with Crippen molar-refractivity contribution in [2.24, 2.45) is 4.99 Å². The van der Waals surface area contributed by atoms with Crippen LogP contribution in [0.4, 0.5) is 5.69 Å². The second-order valence-corrected chi connectivity index (χ2v) is 14.7. The SMILES string of the molecule is c1ccc(C2=NC(c3cc(-c4ccc(-c5ccccn5)cc4)cc(-c4ccc(-c5ccccn5)cc4)c3)Nc3c2sc2c(-c4ccccc4)cccc32)cc1. The smallest absolute Gasteiger partial charge is 0.145 e. The standard InChI is InChI=1S/C50H34N4S/c1-3-12-35(13-4-1)42-16-11-17-43-47-49(55-48(42)43)46(38-14-5-2-6-15-38)53-50(54-47)41-31-39(33-20-24-36(25-21-33)44-18-7-9-28-51-44)30-40(32-41)34-22-26-37(27-23-34)45-19-8-10-29-52-45/h1-32,50,54H. The van der Waals surface area contributed by atoms with Crippen LogP contribution in [0.2, 0.25) is 0 Å². The van der Waals surface area contributed by atoms with E-state index < -0.39 is 0 Å². The van der Waals surface area contributed by atoms with Gasteiger partial charge in [-0.15, -0.1) is 11.3 Å². The zero-order valence-electron chi connectivity index (χ0n) is 29.8. The maximum Gasteiger partial charge on any atom is 0.145 e. The molecular weight excluding hydrogens is 689 g/mol. The molecule has 1 N–H and O–H groups in total. The van der Waals surface area contributed by atoms with Crippen LogP contribution in [0.25, 0.3) is 66.0 Å². The van der Waals surface area contributed by atoms with Gasteiger partial charge in [0.05, 0.1) is 27.7 Å². The number of hydrogen-bond donors (Lipinski definition) is 1. The number of aliphatic imine (C=N–C) groups is 1. The summed E-state index contributed by atoms with van der Waals surface area (Å²) in [5.41, 5.74) is 15.4. The zero-order valence-corrected chi connectivity index (χ0v) is 30.6. The molecule has 10 rings (SSSR count). The van der Waals surface area contributed by atoms with E-state index in [9.17, 15) is 0 Å². The molecule has 3 aromatic heterocycles. The summed E-state index contributed by atoms with van der Waals surface area (Å²) in [6.07, 6.45) is 3.36. The number of thiophene rings is 1. The van der Waals surface area contributed by atoms with E-state index in [1.807, 2.05) is 60.1 Å². The van der Waals surface area contributed by atoms with Gasteiger partial charge >= 0.3 is 0 Å². The first-order valence-electron chi connectivity index (χ1n) is 18.4. The van der Waals surface area contributed by atoms with Gasteiger partial charge in [-0.1, -0.05) is 140 Å². The Bertz CT molecular complexity index is 2690. The molecule has 55 heavy (non-hydrogen) atoms. The normalized spacial score (nSPS) is 13.5. The van der Waals surface area contributed by atoms with Crippen molar-refractivity contribution < 1.29 is 0 Å². The highest BCUT2D eigenvalue weighted by molar-refractivity contribution is 7.22. The fourth-order valence-electron chi connectivity index (χ4n) is 7.47. The van der Waals surface area contributed by atoms with Crippen LogP contribution < -0.4 is 5.32 Å². The van der Waals surface area contributed by atoms with Crippen LogP contribution in [0, 0.1) is 0 Å². The Morgan fingerprint density at radius 3 is 1.55 bits per heavy atom. The molecule has 9 aromatic rings. The lowest BCUT2D eigenvalue weighted by Gasteiger charge is -2.25. The molecule has 0 bridgehead atoms. The summed E-state index contributed by atoms with van der Waals surface area (Å²) in [5.74, 6) is 0. The van der Waals surface area contributed by atoms with Crippen molar-refractivity contribution in [2.45, 2.75) is 6.17 Å². The van der Waals surface area contributed by atoms with E-state index in [1.54, 1.807) is 0 Å². The van der Waals surface area contributed by atoms with Crippen molar-refractivity contribution in [3.05, 3.63) is 210 Å². The molecule has 1 aliphatic heterocycles. The van der Waals surface area contributed by atoms with Crippen molar-refractivity contribution in [2.75, 3.05) is 5.32 Å². The van der Waals surface area contributed by atoms with E-state index in [-0.39, 0.29) is 6.17 Å². The van der Waals surface area contributed by atoms with E-state index in [1.165, 1.54) is 21.2 Å². The molecule has 0 aliphatic carbocycles. The first-order valence-corrected chi connectivity index (χ1v) is 19.3. The average Bonchev–Trinajstić information content (AvgIpc) is 3.66. The molecule has 1 unspecified atom stereocenters. The Labute approximate surface area is 324 Å². The molecule has 0 fully saturated rings. The summed E-state index contributed by atoms with van der Waals surface area (Å²) in [4.78, 5) is 15.8. The summed E-state index contributed by atoms with van der Waals surface area (Å²) in [6.45, 7) is 0. The summed E-state index contributed by atoms with van der Waals surface area (Å²) in [5, 5.41) is 5.15. The van der Waals surface area contributed by atoms with Gasteiger partial charge in [-0.3, -0.25) is 15.0 Å². The minimum absolute atomic E-state index is 0.319. The molecule has 0 saturated carbocycles. The van der Waals surface area contributed by atoms with E-state index in [4.69, 9.17) is 4.99 Å². The molecule has 6 aromatic carbocycles. The molecule has 4 heterocycles. The Morgan fingerprint density at radius 2 is 0.982 bits per heavy atom. The first kappa shape index (κ1) is 32.7. The van der Waals surface area contributed by atoms with Crippen LogP contribution in [-0.2, 0) is 0 Å². The third-order valence-electron chi connectivity index (χ3n) is 10.2. The molecule has 1 atom stereocenters. The molecule has 4 nitrogen and oxygen atoms in total. The van der Waals surface area contributed by atoms with E-state index in [2.05, 4.69) is 161 Å². The van der Waals surface area contributed by atoms with Gasteiger partial charge in [0.2, 0.25) is 0 Å². The minimum Gasteiger partial charge on any atom is -0.358 e. The molecule has 0 radical (unpaired) electrons. The number of fused-ring (bicyclic) bond motifs is 3. The van der Waals surface area contributed by atoms with Crippen LogP contribution in [0.15, 0.2) is 199 Å². The topological polar surface area (TPSA) is 50.2 Å². The third-order valence-corrected chi connectivity index (χ3v) is 11.5. The number of pyridine rings is 2. The average molecular weight is 723 g/mol. The summed E-state index contributed by atoms with van der Waals surface area (Å²) in [6, 6.07) is 64.2. The van der Waals surface area contributed by atoms with Gasteiger partial charge < -0.3 is 5.32 Å². The third kappa shape index (κ3) is 6.31. The van der Waals surface area contributed by atoms with Crippen LogP contribution in [0.3, 0.4) is 0 Å². The van der Waals surface area contributed by atoms with Crippen LogP contribution >= 0.6 is 11.3 Å². The van der Waals surface area contributed by atoms with Crippen LogP contribution in [0.1, 0.15) is 22.2 Å². The van der Waals surface area contributed by atoms with E-state index in [0.717, 1.165) is 72.2 Å². The number of anilines is 1. The fraction of sp³-hybridized carbons (Fsp3) is 0.0200. The van der Waals surface area contributed by atoms with Crippen molar-refractivity contribution in [3.8, 4) is 55.9 Å². The van der Waals surface area contributed by atoms with Gasteiger partial charge in [-0.25, -0.2) is 0 Å². The highest BCUT2D eigenvalue weighted by Crippen LogP contribution is 2.46. The van der Waals surface area contributed by atoms with Crippen molar-refractivity contribution >= 4 is 32.8 Å². The number of benzene rings is 6. The minimum atomic E-state index is -0.319. The molecule has 1 aliphatic rings. The van der Waals surface area contributed by atoms with Gasteiger partial charge in [0, 0.05) is 39.2 Å². The summed E-state index contributed by atoms with van der Waals surface area (Å²) in [7, 11) is 0. The van der Waals surface area contributed by atoms with Crippen molar-refractivity contribution in [3.63, 3.8) is 0 Å². The lowest BCUT2D eigenvalue weighted by molar-refractivity contribution is 0.833. The number of aromatic nitrogens is 2. The highest BCUT2D eigenvalue weighted by Gasteiger charge is 2.28. The van der Waals surface area contributed by atoms with Gasteiger partial charge in [0.25, 0.3) is 0 Å². The summed E-state index contributed by atoms with van der Waals surface area (Å²) >= 11 is 1.82. The van der Waals surface area contributed by atoms with Gasteiger partial charge in [0.1, 0.15) is 6.17 Å². The monoisotopic (exact) mass is 722 g/mol. The lowest BCUT2D eigenvalue weighted by atomic mass is 9.93. The van der Waals surface area contributed by atoms with Crippen molar-refractivity contribution in [1.82, 2.24) is 9.97 Å². The number of nitrogens with one attached hydrogen (secondary N) is 1. The number of hydrogen-bond acceptors (Lipinski definition) is 5. The zero-order chi connectivity index (χ0) is 36.6. The van der Waals surface area contributed by atoms with Gasteiger partial charge in [-0.2, -0.15) is 0 Å². The second kappa shape index (κ2) is 14.1. The quantitative estimate of drug-likeness (QED) is 0.178. The molecular formula is C50H34N4S. The number of rotatable bonds is 7. The molecule has 0 amide bonds. The second-order valence-electron chi connectivity index (χ2n) is 13.7. The number of nitrogens with zero attached hydrogens (tertiary/aromatic N) is 3. The van der Waals surface area contributed by atoms with Gasteiger partial charge in [0.15, 0.2) is 0 Å².